The molecule has 0 aliphatic carbocycles. The number of likely N-dealkylation sites (tertiary alicyclic amines) is 2. The number of nitrogens with one attached hydrogen (secondary N) is 2. The summed E-state index contributed by atoms with van der Waals surface area (Å²) in [7, 11) is 2.18. The molecule has 210 valence electrons. The summed E-state index contributed by atoms with van der Waals surface area (Å²) in [5, 5.41) is 6.11. The molecule has 7 nitrogen and oxygen atoms in total. The molecule has 0 radical (unpaired) electrons. The lowest BCUT2D eigenvalue weighted by Gasteiger charge is -2.40. The minimum absolute atomic E-state index is 0.174. The van der Waals surface area contributed by atoms with Crippen molar-refractivity contribution in [3.05, 3.63) is 0 Å². The Morgan fingerprint density at radius 1 is 0.861 bits per heavy atom. The smallest absolute Gasteiger partial charge is 0.221 e. The highest BCUT2D eigenvalue weighted by Crippen LogP contribution is 2.32. The first-order chi connectivity index (χ1) is 17.0. The van der Waals surface area contributed by atoms with Gasteiger partial charge in [-0.3, -0.25) is 9.59 Å². The van der Waals surface area contributed by atoms with Crippen molar-refractivity contribution in [2.24, 2.45) is 17.3 Å². The molecular weight excluding hydrogens is 450 g/mol. The molecular formula is C29H57N5O2. The Bertz CT molecular complexity index is 632. The summed E-state index contributed by atoms with van der Waals surface area (Å²) in [5.41, 5.74) is 0.377. The highest BCUT2D eigenvalue weighted by atomic mass is 16.2. The molecule has 2 rings (SSSR count). The molecule has 2 fully saturated rings. The Morgan fingerprint density at radius 3 is 1.83 bits per heavy atom. The largest absolute Gasteiger partial charge is 0.356 e. The predicted octanol–water partition coefficient (Wildman–Crippen LogP) is 3.59. The standard InChI is InChI=1S/C29H57N5O2/c1-24(2)31-28(36)13-22-34-19-10-26(11-20-34)25-8-17-33(18-9-25)21-12-27(35)30-15-7-16-32(6)23-14-29(3,4)5/h24-26H,7-23H2,1-6H3,(H,30,35)(H,31,36). The van der Waals surface area contributed by atoms with Gasteiger partial charge in [0.05, 0.1) is 0 Å². The van der Waals surface area contributed by atoms with Crippen molar-refractivity contribution in [1.29, 1.82) is 0 Å². The van der Waals surface area contributed by atoms with Gasteiger partial charge in [0.1, 0.15) is 0 Å². The van der Waals surface area contributed by atoms with Gasteiger partial charge in [-0.15, -0.1) is 0 Å². The Hall–Kier alpha value is -1.18. The molecule has 2 saturated heterocycles. The van der Waals surface area contributed by atoms with Crippen LogP contribution >= 0.6 is 0 Å². The third kappa shape index (κ3) is 13.4. The molecule has 7 heteroatoms. The van der Waals surface area contributed by atoms with Crippen LogP contribution in [0.4, 0.5) is 0 Å². The monoisotopic (exact) mass is 507 g/mol. The van der Waals surface area contributed by atoms with Crippen LogP contribution in [0.25, 0.3) is 0 Å². The second kappa shape index (κ2) is 15.9. The summed E-state index contributed by atoms with van der Waals surface area (Å²) in [4.78, 5) is 31.5. The van der Waals surface area contributed by atoms with Gasteiger partial charge >= 0.3 is 0 Å². The molecule has 2 amide bonds. The van der Waals surface area contributed by atoms with E-state index in [1.165, 1.54) is 32.1 Å². The fourth-order valence-electron chi connectivity index (χ4n) is 5.51. The average Bonchev–Trinajstić information content (AvgIpc) is 2.82. The minimum atomic E-state index is 0.174. The Labute approximate surface area is 222 Å². The number of carbonyl (C=O) groups is 2. The van der Waals surface area contributed by atoms with Crippen LogP contribution in [-0.4, -0.2) is 98.5 Å². The summed E-state index contributed by atoms with van der Waals surface area (Å²) >= 11 is 0. The maximum absolute atomic E-state index is 12.3. The number of hydrogen-bond donors (Lipinski definition) is 2. The Balaban J connectivity index is 1.50. The van der Waals surface area contributed by atoms with E-state index in [1.54, 1.807) is 0 Å². The molecule has 2 aliphatic heterocycles. The molecule has 0 saturated carbocycles. The van der Waals surface area contributed by atoms with Crippen molar-refractivity contribution in [2.45, 2.75) is 92.0 Å². The van der Waals surface area contributed by atoms with E-state index in [4.69, 9.17) is 0 Å². The summed E-state index contributed by atoms with van der Waals surface area (Å²) in [6, 6.07) is 0.226. The van der Waals surface area contributed by atoms with Gasteiger partial charge in [0.15, 0.2) is 0 Å². The van der Waals surface area contributed by atoms with Crippen LogP contribution in [0.2, 0.25) is 0 Å². The van der Waals surface area contributed by atoms with Gasteiger partial charge in [0.25, 0.3) is 0 Å². The molecule has 2 N–H and O–H groups in total. The fourth-order valence-corrected chi connectivity index (χ4v) is 5.51. The quantitative estimate of drug-likeness (QED) is 0.352. The molecule has 0 bridgehead atoms. The van der Waals surface area contributed by atoms with Gasteiger partial charge in [-0.2, -0.15) is 0 Å². The van der Waals surface area contributed by atoms with E-state index >= 15 is 0 Å². The maximum Gasteiger partial charge on any atom is 0.221 e. The summed E-state index contributed by atoms with van der Waals surface area (Å²) in [5.74, 6) is 2.03. The first-order valence-corrected chi connectivity index (χ1v) is 14.7. The Kier molecular flexibility index (Phi) is 13.7. The van der Waals surface area contributed by atoms with Crippen molar-refractivity contribution >= 4 is 11.8 Å². The topological polar surface area (TPSA) is 67.9 Å². The molecule has 0 atom stereocenters. The number of piperidine rings is 2. The molecule has 0 aromatic carbocycles. The van der Waals surface area contributed by atoms with Crippen molar-refractivity contribution in [3.63, 3.8) is 0 Å². The van der Waals surface area contributed by atoms with Crippen molar-refractivity contribution in [3.8, 4) is 0 Å². The normalized spacial score (nSPS) is 19.2. The SMILES string of the molecule is CC(C)NC(=O)CCN1CCC(C2CCN(CCC(=O)NCCCN(C)CCC(C)(C)C)CC2)CC1. The molecule has 0 spiro atoms. The van der Waals surface area contributed by atoms with Crippen LogP contribution in [0, 0.1) is 17.3 Å². The van der Waals surface area contributed by atoms with Gasteiger partial charge < -0.3 is 25.3 Å². The Morgan fingerprint density at radius 2 is 1.36 bits per heavy atom. The lowest BCUT2D eigenvalue weighted by molar-refractivity contribution is -0.122. The summed E-state index contributed by atoms with van der Waals surface area (Å²) in [6.07, 6.45) is 8.52. The highest BCUT2D eigenvalue weighted by molar-refractivity contribution is 5.76. The highest BCUT2D eigenvalue weighted by Gasteiger charge is 2.29. The molecule has 0 aromatic rings. The minimum Gasteiger partial charge on any atom is -0.356 e. The first kappa shape index (κ1) is 31.0. The second-order valence-electron chi connectivity index (χ2n) is 12.9. The zero-order valence-electron chi connectivity index (χ0n) is 24.4. The van der Waals surface area contributed by atoms with Gasteiger partial charge in [0.2, 0.25) is 11.8 Å². The number of amides is 2. The van der Waals surface area contributed by atoms with E-state index in [9.17, 15) is 9.59 Å². The third-order valence-electron chi connectivity index (χ3n) is 7.97. The van der Waals surface area contributed by atoms with E-state index in [2.05, 4.69) is 53.2 Å². The molecule has 0 aromatic heterocycles. The average molecular weight is 508 g/mol. The van der Waals surface area contributed by atoms with Gasteiger partial charge in [-0.05, 0) is 116 Å². The van der Waals surface area contributed by atoms with E-state index in [0.29, 0.717) is 18.3 Å². The zero-order valence-corrected chi connectivity index (χ0v) is 24.4. The van der Waals surface area contributed by atoms with Crippen LogP contribution < -0.4 is 10.6 Å². The van der Waals surface area contributed by atoms with Gasteiger partial charge in [-0.1, -0.05) is 20.8 Å². The van der Waals surface area contributed by atoms with Crippen LogP contribution in [-0.2, 0) is 9.59 Å². The predicted molar refractivity (Wildman–Crippen MR) is 150 cm³/mol. The first-order valence-electron chi connectivity index (χ1n) is 14.7. The number of rotatable bonds is 14. The second-order valence-corrected chi connectivity index (χ2v) is 12.9. The number of nitrogens with zero attached hydrogens (tertiary/aromatic N) is 3. The zero-order chi connectivity index (χ0) is 26.6. The lowest BCUT2D eigenvalue weighted by Crippen LogP contribution is -2.42. The third-order valence-corrected chi connectivity index (χ3v) is 7.97. The van der Waals surface area contributed by atoms with Gasteiger partial charge in [-0.25, -0.2) is 0 Å². The van der Waals surface area contributed by atoms with Crippen LogP contribution in [0.15, 0.2) is 0 Å². The van der Waals surface area contributed by atoms with Crippen molar-refractivity contribution < 1.29 is 9.59 Å². The van der Waals surface area contributed by atoms with Crippen molar-refractivity contribution in [2.75, 3.05) is 66.0 Å². The van der Waals surface area contributed by atoms with E-state index in [0.717, 1.165) is 77.2 Å². The van der Waals surface area contributed by atoms with Crippen LogP contribution in [0.1, 0.15) is 86.0 Å². The number of hydrogen-bond acceptors (Lipinski definition) is 5. The van der Waals surface area contributed by atoms with Crippen LogP contribution in [0.5, 0.6) is 0 Å². The molecule has 2 aliphatic rings. The number of carbonyl (C=O) groups excluding carboxylic acids is 2. The molecule has 36 heavy (non-hydrogen) atoms. The maximum atomic E-state index is 12.3. The summed E-state index contributed by atoms with van der Waals surface area (Å²) < 4.78 is 0. The van der Waals surface area contributed by atoms with E-state index < -0.39 is 0 Å². The van der Waals surface area contributed by atoms with E-state index in [1.807, 2.05) is 13.8 Å². The lowest BCUT2D eigenvalue weighted by atomic mass is 9.79. The van der Waals surface area contributed by atoms with Crippen LogP contribution in [0.3, 0.4) is 0 Å². The summed E-state index contributed by atoms with van der Waals surface area (Å²) in [6.45, 7) is 20.1. The van der Waals surface area contributed by atoms with E-state index in [-0.39, 0.29) is 17.9 Å². The van der Waals surface area contributed by atoms with Crippen molar-refractivity contribution in [1.82, 2.24) is 25.3 Å². The molecule has 0 unspecified atom stereocenters. The fraction of sp³-hybridized carbons (Fsp3) is 0.931. The molecule has 2 heterocycles. The van der Waals surface area contributed by atoms with Gasteiger partial charge in [0, 0.05) is 38.5 Å².